The van der Waals surface area contributed by atoms with Crippen LogP contribution in [0, 0.1) is 5.82 Å². The number of β-amino-alcohol motifs (C(OH)–C–C–N with tert-alkyl or cyclic N) is 1. The van der Waals surface area contributed by atoms with Gasteiger partial charge >= 0.3 is 6.09 Å². The van der Waals surface area contributed by atoms with Crippen LogP contribution in [0.2, 0.25) is 0 Å². The first kappa shape index (κ1) is 17.9. The number of nitrogens with zero attached hydrogens (tertiary/aromatic N) is 1. The van der Waals surface area contributed by atoms with Crippen molar-refractivity contribution < 1.29 is 19.0 Å². The third kappa shape index (κ3) is 3.08. The molecule has 0 radical (unpaired) electrons. The molecule has 1 heterocycles. The lowest BCUT2D eigenvalue weighted by Crippen LogP contribution is -2.43. The Bertz CT molecular complexity index is 1050. The molecule has 1 N–H and O–H groups in total. The van der Waals surface area contributed by atoms with Gasteiger partial charge in [-0.05, 0) is 46.0 Å². The van der Waals surface area contributed by atoms with Gasteiger partial charge in [0.15, 0.2) is 0 Å². The van der Waals surface area contributed by atoms with Crippen molar-refractivity contribution in [1.29, 1.82) is 0 Å². The Morgan fingerprint density at radius 1 is 1.03 bits per heavy atom. The average molecular weight is 389 g/mol. The second kappa shape index (κ2) is 7.01. The zero-order valence-electron chi connectivity index (χ0n) is 15.7. The summed E-state index contributed by atoms with van der Waals surface area (Å²) in [6.07, 6.45) is -0.955. The van der Waals surface area contributed by atoms with Gasteiger partial charge in [-0.3, -0.25) is 4.90 Å². The van der Waals surface area contributed by atoms with Crippen LogP contribution in [0.4, 0.5) is 14.9 Å². The fraction of sp³-hybridized carbons (Fsp3) is 0.208. The molecule has 0 bridgehead atoms. The van der Waals surface area contributed by atoms with Crippen molar-refractivity contribution in [3.05, 3.63) is 89.2 Å². The van der Waals surface area contributed by atoms with Crippen molar-refractivity contribution in [3.8, 4) is 11.1 Å². The molecule has 0 spiro atoms. The zero-order chi connectivity index (χ0) is 20.0. The summed E-state index contributed by atoms with van der Waals surface area (Å²) < 4.78 is 19.3. The molecule has 1 aliphatic heterocycles. The molecule has 1 atom stereocenters. The van der Waals surface area contributed by atoms with Gasteiger partial charge in [0, 0.05) is 12.3 Å². The average Bonchev–Trinajstić information content (AvgIpc) is 3.05. The minimum atomic E-state index is -0.746. The second-order valence-corrected chi connectivity index (χ2v) is 7.55. The number of carbonyl (C=O) groups excluding carboxylic acids is 1. The quantitative estimate of drug-likeness (QED) is 0.702. The molecular weight excluding hydrogens is 369 g/mol. The summed E-state index contributed by atoms with van der Waals surface area (Å²) in [5.74, 6) is -0.418. The van der Waals surface area contributed by atoms with Crippen LogP contribution in [0.25, 0.3) is 11.1 Å². The molecule has 29 heavy (non-hydrogen) atoms. The summed E-state index contributed by atoms with van der Waals surface area (Å²) in [6, 6.07) is 20.6. The molecule has 0 saturated heterocycles. The Labute approximate surface area is 168 Å². The van der Waals surface area contributed by atoms with Gasteiger partial charge < -0.3 is 9.84 Å². The molecule has 5 heteroatoms. The van der Waals surface area contributed by atoms with Crippen LogP contribution in [0.3, 0.4) is 0 Å². The number of hydrogen-bond donors (Lipinski definition) is 1. The van der Waals surface area contributed by atoms with E-state index in [1.54, 1.807) is 6.07 Å². The molecule has 1 amide bonds. The lowest BCUT2D eigenvalue weighted by molar-refractivity contribution is 0.136. The summed E-state index contributed by atoms with van der Waals surface area (Å²) >= 11 is 0. The van der Waals surface area contributed by atoms with Gasteiger partial charge in [-0.25, -0.2) is 9.18 Å². The molecule has 146 valence electrons. The maximum absolute atomic E-state index is 13.6. The number of hydrogen-bond acceptors (Lipinski definition) is 3. The Kier molecular flexibility index (Phi) is 4.32. The highest BCUT2D eigenvalue weighted by Gasteiger charge is 2.32. The summed E-state index contributed by atoms with van der Waals surface area (Å²) in [4.78, 5) is 14.3. The molecule has 1 unspecified atom stereocenters. The molecule has 3 aromatic rings. The van der Waals surface area contributed by atoms with E-state index < -0.39 is 12.2 Å². The van der Waals surface area contributed by atoms with Gasteiger partial charge in [-0.2, -0.15) is 0 Å². The third-order valence-electron chi connectivity index (χ3n) is 5.74. The predicted molar refractivity (Wildman–Crippen MR) is 109 cm³/mol. The van der Waals surface area contributed by atoms with Gasteiger partial charge in [-0.1, -0.05) is 48.5 Å². The first-order chi connectivity index (χ1) is 14.1. The first-order valence-corrected chi connectivity index (χ1v) is 9.71. The normalized spacial score (nSPS) is 17.4. The molecular formula is C24H20FNO3. The van der Waals surface area contributed by atoms with Gasteiger partial charge in [0.05, 0.1) is 18.3 Å². The van der Waals surface area contributed by atoms with E-state index in [1.807, 2.05) is 24.3 Å². The standard InChI is InChI=1S/C24H20FNO3/c25-16-9-10-23-15(11-16)12-17(27)13-26(23)24(28)29-14-22-20-7-3-1-5-18(20)19-6-2-4-8-21(19)22/h1-11,17,22,27H,12-14H2. The van der Waals surface area contributed by atoms with Crippen molar-refractivity contribution in [2.75, 3.05) is 18.1 Å². The van der Waals surface area contributed by atoms with Crippen LogP contribution in [0.15, 0.2) is 66.7 Å². The molecule has 5 rings (SSSR count). The lowest BCUT2D eigenvalue weighted by Gasteiger charge is -2.32. The highest BCUT2D eigenvalue weighted by Crippen LogP contribution is 2.44. The number of ether oxygens (including phenoxy) is 1. The maximum Gasteiger partial charge on any atom is 0.414 e. The van der Waals surface area contributed by atoms with Crippen molar-refractivity contribution in [1.82, 2.24) is 0 Å². The molecule has 3 aromatic carbocycles. The van der Waals surface area contributed by atoms with Crippen LogP contribution < -0.4 is 4.90 Å². The SMILES string of the molecule is O=C(OCC1c2ccccc2-c2ccccc21)N1CC(O)Cc2cc(F)ccc21. The summed E-state index contributed by atoms with van der Waals surface area (Å²) in [6.45, 7) is 0.339. The summed E-state index contributed by atoms with van der Waals surface area (Å²) in [7, 11) is 0. The van der Waals surface area contributed by atoms with Gasteiger partial charge in [0.25, 0.3) is 0 Å². The van der Waals surface area contributed by atoms with E-state index in [1.165, 1.54) is 28.2 Å². The van der Waals surface area contributed by atoms with Crippen LogP contribution in [-0.4, -0.2) is 30.5 Å². The maximum atomic E-state index is 13.6. The van der Waals surface area contributed by atoms with Gasteiger partial charge in [-0.15, -0.1) is 0 Å². The van der Waals surface area contributed by atoms with Crippen LogP contribution in [0.5, 0.6) is 0 Å². The molecule has 0 aromatic heterocycles. The number of aliphatic hydroxyl groups excluding tert-OH is 1. The number of fused-ring (bicyclic) bond motifs is 4. The molecule has 0 saturated carbocycles. The molecule has 0 fully saturated rings. The molecule has 2 aliphatic rings. The number of rotatable bonds is 2. The van der Waals surface area contributed by atoms with Crippen LogP contribution >= 0.6 is 0 Å². The van der Waals surface area contributed by atoms with Crippen LogP contribution in [0.1, 0.15) is 22.6 Å². The Balaban J connectivity index is 1.39. The third-order valence-corrected chi connectivity index (χ3v) is 5.74. The number of anilines is 1. The first-order valence-electron chi connectivity index (χ1n) is 9.71. The van der Waals surface area contributed by atoms with Crippen molar-refractivity contribution in [2.24, 2.45) is 0 Å². The monoisotopic (exact) mass is 389 g/mol. The highest BCUT2D eigenvalue weighted by molar-refractivity contribution is 5.89. The molecule has 4 nitrogen and oxygen atoms in total. The van der Waals surface area contributed by atoms with E-state index in [4.69, 9.17) is 4.74 Å². The van der Waals surface area contributed by atoms with E-state index in [0.717, 1.165) is 11.1 Å². The van der Waals surface area contributed by atoms with E-state index in [2.05, 4.69) is 24.3 Å². The van der Waals surface area contributed by atoms with E-state index in [-0.39, 0.29) is 24.9 Å². The fourth-order valence-electron chi connectivity index (χ4n) is 4.45. The van der Waals surface area contributed by atoms with Crippen molar-refractivity contribution in [3.63, 3.8) is 0 Å². The predicted octanol–water partition coefficient (Wildman–Crippen LogP) is 4.50. The highest BCUT2D eigenvalue weighted by atomic mass is 19.1. The summed E-state index contributed by atoms with van der Waals surface area (Å²) in [5, 5.41) is 10.1. The van der Waals surface area contributed by atoms with Crippen LogP contribution in [-0.2, 0) is 11.2 Å². The number of benzene rings is 3. The fourth-order valence-corrected chi connectivity index (χ4v) is 4.45. The second-order valence-electron chi connectivity index (χ2n) is 7.55. The number of amides is 1. The Hall–Kier alpha value is -3.18. The zero-order valence-corrected chi connectivity index (χ0v) is 15.7. The number of aliphatic hydroxyl groups is 1. The minimum absolute atomic E-state index is 0.0336. The Morgan fingerprint density at radius 3 is 2.38 bits per heavy atom. The minimum Gasteiger partial charge on any atom is -0.448 e. The van der Waals surface area contributed by atoms with E-state index in [9.17, 15) is 14.3 Å². The van der Waals surface area contributed by atoms with E-state index in [0.29, 0.717) is 17.7 Å². The lowest BCUT2D eigenvalue weighted by atomic mass is 9.98. The van der Waals surface area contributed by atoms with Gasteiger partial charge in [0.2, 0.25) is 0 Å². The van der Waals surface area contributed by atoms with E-state index >= 15 is 0 Å². The largest absolute Gasteiger partial charge is 0.448 e. The Morgan fingerprint density at radius 2 is 1.69 bits per heavy atom. The van der Waals surface area contributed by atoms with Crippen molar-refractivity contribution >= 4 is 11.8 Å². The van der Waals surface area contributed by atoms with Gasteiger partial charge in [0.1, 0.15) is 12.4 Å². The topological polar surface area (TPSA) is 49.8 Å². The summed E-state index contributed by atoms with van der Waals surface area (Å²) in [5.41, 5.74) is 5.81. The number of halogens is 1. The number of carbonyl (C=O) groups is 1. The molecule has 1 aliphatic carbocycles. The smallest absolute Gasteiger partial charge is 0.414 e. The van der Waals surface area contributed by atoms with Crippen molar-refractivity contribution in [2.45, 2.75) is 18.4 Å².